The predicted octanol–water partition coefficient (Wildman–Crippen LogP) is 5.92. The molecule has 0 aromatic heterocycles. The second-order valence-electron chi connectivity index (χ2n) is 11.8. The van der Waals surface area contributed by atoms with E-state index < -0.39 is 35.6 Å². The van der Waals surface area contributed by atoms with Crippen molar-refractivity contribution < 1.29 is 23.9 Å². The van der Waals surface area contributed by atoms with Crippen molar-refractivity contribution in [3.8, 4) is 0 Å². The number of primary amides is 1. The molecule has 0 aliphatic heterocycles. The lowest BCUT2D eigenvalue weighted by molar-refractivity contribution is -0.141. The summed E-state index contributed by atoms with van der Waals surface area (Å²) in [6, 6.07) is 17.0. The van der Waals surface area contributed by atoms with Gasteiger partial charge in [0.2, 0.25) is 11.8 Å². The van der Waals surface area contributed by atoms with Gasteiger partial charge in [0, 0.05) is 18.7 Å². The number of carbonyl (C=O) groups excluding carboxylic acids is 4. The van der Waals surface area contributed by atoms with Gasteiger partial charge in [-0.2, -0.15) is 0 Å². The van der Waals surface area contributed by atoms with Gasteiger partial charge in [0.25, 0.3) is 5.91 Å². The number of nitrogens with zero attached hydrogens (tertiary/aromatic N) is 1. The minimum absolute atomic E-state index is 0.0398. The molecule has 0 radical (unpaired) electrons. The Balaban J connectivity index is 2.07. The van der Waals surface area contributed by atoms with E-state index in [1.54, 1.807) is 20.8 Å². The van der Waals surface area contributed by atoms with Crippen LogP contribution in [0.15, 0.2) is 60.7 Å². The summed E-state index contributed by atoms with van der Waals surface area (Å²) in [5.41, 5.74) is 7.74. The van der Waals surface area contributed by atoms with Crippen molar-refractivity contribution in [1.82, 2.24) is 10.2 Å². The zero-order valence-electron chi connectivity index (χ0n) is 26.0. The minimum Gasteiger partial charge on any atom is -0.444 e. The number of benzene rings is 3. The van der Waals surface area contributed by atoms with Crippen LogP contribution >= 0.6 is 0 Å². The molecule has 3 rings (SSSR count). The van der Waals surface area contributed by atoms with Gasteiger partial charge in [0.15, 0.2) is 0 Å². The molecule has 0 bridgehead atoms. The van der Waals surface area contributed by atoms with Crippen LogP contribution < -0.4 is 16.4 Å². The highest BCUT2D eigenvalue weighted by molar-refractivity contribution is 6.00. The zero-order chi connectivity index (χ0) is 31.7. The van der Waals surface area contributed by atoms with Crippen molar-refractivity contribution >= 4 is 40.3 Å². The first kappa shape index (κ1) is 33.1. The van der Waals surface area contributed by atoms with Crippen LogP contribution in [0.5, 0.6) is 0 Å². The van der Waals surface area contributed by atoms with Crippen LogP contribution in [0.1, 0.15) is 76.1 Å². The Hall–Kier alpha value is -4.40. The van der Waals surface area contributed by atoms with E-state index >= 15 is 0 Å². The summed E-state index contributed by atoms with van der Waals surface area (Å²) in [5, 5.41) is 7.67. The van der Waals surface area contributed by atoms with E-state index in [9.17, 15) is 19.2 Å². The number of amides is 4. The first-order valence-electron chi connectivity index (χ1n) is 14.7. The number of aryl methyl sites for hydroxylation is 1. The Labute approximate surface area is 254 Å². The molecule has 0 spiro atoms. The Morgan fingerprint density at radius 3 is 2.30 bits per heavy atom. The summed E-state index contributed by atoms with van der Waals surface area (Å²) in [6.45, 7) is 11.3. The molecule has 0 saturated carbocycles. The maximum atomic E-state index is 14.3. The van der Waals surface area contributed by atoms with E-state index in [4.69, 9.17) is 10.5 Å². The summed E-state index contributed by atoms with van der Waals surface area (Å²) in [7, 11) is 0. The standard InChI is InChI=1S/C34H44N4O5/c1-7-8-20-38(32(41)28(18-19-29(35)39)37-33(42)43-34(4,5)6)30(27-15-11-12-22(2)23(27)3)31(40)36-26-17-16-24-13-9-10-14-25(24)21-26/h9-17,21,28,30H,7-8,18-20H2,1-6H3,(H2,35,39)(H,36,40)(H,37,42). The van der Waals surface area contributed by atoms with Gasteiger partial charge in [0.05, 0.1) is 0 Å². The van der Waals surface area contributed by atoms with Gasteiger partial charge in [-0.3, -0.25) is 14.4 Å². The van der Waals surface area contributed by atoms with Crippen LogP contribution in [-0.4, -0.2) is 46.9 Å². The monoisotopic (exact) mass is 588 g/mol. The third-order valence-electron chi connectivity index (χ3n) is 7.22. The van der Waals surface area contributed by atoms with E-state index in [-0.39, 0.29) is 25.3 Å². The first-order chi connectivity index (χ1) is 20.3. The summed E-state index contributed by atoms with van der Waals surface area (Å²) in [5.74, 6) is -1.50. The summed E-state index contributed by atoms with van der Waals surface area (Å²) in [4.78, 5) is 54.6. The Kier molecular flexibility index (Phi) is 11.3. The van der Waals surface area contributed by atoms with Crippen LogP contribution in [0.3, 0.4) is 0 Å². The average molecular weight is 589 g/mol. The lowest BCUT2D eigenvalue weighted by Gasteiger charge is -2.35. The molecule has 4 N–H and O–H groups in total. The summed E-state index contributed by atoms with van der Waals surface area (Å²) in [6.07, 6.45) is 0.411. The molecular weight excluding hydrogens is 544 g/mol. The molecule has 2 unspecified atom stereocenters. The molecule has 3 aromatic carbocycles. The van der Waals surface area contributed by atoms with Gasteiger partial charge >= 0.3 is 6.09 Å². The number of fused-ring (bicyclic) bond motifs is 1. The van der Waals surface area contributed by atoms with Crippen LogP contribution in [0.25, 0.3) is 10.8 Å². The largest absolute Gasteiger partial charge is 0.444 e. The predicted molar refractivity (Wildman–Crippen MR) is 169 cm³/mol. The van der Waals surface area contributed by atoms with E-state index in [0.717, 1.165) is 28.3 Å². The molecule has 43 heavy (non-hydrogen) atoms. The lowest BCUT2D eigenvalue weighted by Crippen LogP contribution is -2.53. The molecule has 0 saturated heterocycles. The van der Waals surface area contributed by atoms with Gasteiger partial charge in [-0.15, -0.1) is 0 Å². The van der Waals surface area contributed by atoms with Crippen molar-refractivity contribution in [1.29, 1.82) is 0 Å². The van der Waals surface area contributed by atoms with Gasteiger partial charge in [-0.05, 0) is 87.1 Å². The molecule has 0 aliphatic carbocycles. The quantitative estimate of drug-likeness (QED) is 0.242. The fourth-order valence-corrected chi connectivity index (χ4v) is 4.89. The van der Waals surface area contributed by atoms with Crippen LogP contribution in [-0.2, 0) is 19.1 Å². The third-order valence-corrected chi connectivity index (χ3v) is 7.22. The third kappa shape index (κ3) is 9.30. The number of alkyl carbamates (subject to hydrolysis) is 1. The highest BCUT2D eigenvalue weighted by atomic mass is 16.6. The first-order valence-corrected chi connectivity index (χ1v) is 14.7. The minimum atomic E-state index is -1.14. The molecule has 9 heteroatoms. The fourth-order valence-electron chi connectivity index (χ4n) is 4.89. The van der Waals surface area contributed by atoms with Crippen molar-refractivity contribution in [2.24, 2.45) is 5.73 Å². The average Bonchev–Trinajstić information content (AvgIpc) is 2.93. The number of nitrogens with one attached hydrogen (secondary N) is 2. The number of anilines is 1. The Morgan fingerprint density at radius 2 is 1.65 bits per heavy atom. The number of ether oxygens (including phenoxy) is 1. The van der Waals surface area contributed by atoms with Gasteiger partial charge in [-0.25, -0.2) is 4.79 Å². The highest BCUT2D eigenvalue weighted by Crippen LogP contribution is 2.30. The van der Waals surface area contributed by atoms with Crippen LogP contribution in [0.2, 0.25) is 0 Å². The zero-order valence-corrected chi connectivity index (χ0v) is 26.0. The van der Waals surface area contributed by atoms with Crippen molar-refractivity contribution in [3.63, 3.8) is 0 Å². The van der Waals surface area contributed by atoms with Crippen LogP contribution in [0, 0.1) is 13.8 Å². The van der Waals surface area contributed by atoms with E-state index in [1.807, 2.05) is 81.4 Å². The SMILES string of the molecule is CCCCN(C(=O)C(CCC(N)=O)NC(=O)OC(C)(C)C)C(C(=O)Nc1ccc2ccccc2c1)c1cccc(C)c1C. The van der Waals surface area contributed by atoms with Crippen molar-refractivity contribution in [2.75, 3.05) is 11.9 Å². The highest BCUT2D eigenvalue weighted by Gasteiger charge is 2.37. The molecular formula is C34H44N4O5. The van der Waals surface area contributed by atoms with Gasteiger partial charge in [-0.1, -0.05) is 61.9 Å². The molecule has 0 fully saturated rings. The Morgan fingerprint density at radius 1 is 0.953 bits per heavy atom. The maximum absolute atomic E-state index is 14.3. The maximum Gasteiger partial charge on any atom is 0.408 e. The van der Waals surface area contributed by atoms with Crippen molar-refractivity contribution in [3.05, 3.63) is 77.4 Å². The molecule has 0 heterocycles. The second-order valence-corrected chi connectivity index (χ2v) is 11.8. The number of nitrogens with two attached hydrogens (primary N) is 1. The lowest BCUT2D eigenvalue weighted by atomic mass is 9.94. The van der Waals surface area contributed by atoms with Gasteiger partial charge < -0.3 is 26.0 Å². The molecule has 9 nitrogen and oxygen atoms in total. The van der Waals surface area contributed by atoms with Gasteiger partial charge in [0.1, 0.15) is 17.7 Å². The number of rotatable bonds is 12. The molecule has 3 aromatic rings. The summed E-state index contributed by atoms with van der Waals surface area (Å²) < 4.78 is 5.41. The fraction of sp³-hybridized carbons (Fsp3) is 0.412. The number of unbranched alkanes of at least 4 members (excludes halogenated alkanes) is 1. The molecule has 4 amide bonds. The van der Waals surface area contributed by atoms with E-state index in [2.05, 4.69) is 10.6 Å². The Bertz CT molecular complexity index is 1460. The number of carbonyl (C=O) groups is 4. The molecule has 2 atom stereocenters. The topological polar surface area (TPSA) is 131 Å². The summed E-state index contributed by atoms with van der Waals surface area (Å²) >= 11 is 0. The van der Waals surface area contributed by atoms with E-state index in [0.29, 0.717) is 17.7 Å². The van der Waals surface area contributed by atoms with E-state index in [1.165, 1.54) is 4.90 Å². The molecule has 230 valence electrons. The smallest absolute Gasteiger partial charge is 0.408 e. The molecule has 0 aliphatic rings. The second kappa shape index (κ2) is 14.7. The number of hydrogen-bond acceptors (Lipinski definition) is 5. The van der Waals surface area contributed by atoms with Crippen LogP contribution in [0.4, 0.5) is 10.5 Å². The van der Waals surface area contributed by atoms with Crippen molar-refractivity contribution in [2.45, 2.75) is 84.9 Å². The number of hydrogen-bond donors (Lipinski definition) is 3. The normalized spacial score (nSPS) is 12.7.